The molecule has 0 bridgehead atoms. The minimum absolute atomic E-state index is 0.141. The zero-order valence-electron chi connectivity index (χ0n) is 14.8. The lowest BCUT2D eigenvalue weighted by molar-refractivity contribution is -0.173. The molecule has 1 rings (SSSR count). The van der Waals surface area contributed by atoms with Gasteiger partial charge in [0.25, 0.3) is 0 Å². The smallest absolute Gasteiger partial charge is 0.338 e. The van der Waals surface area contributed by atoms with Crippen LogP contribution in [0.15, 0.2) is 11.3 Å². The molecule has 0 aromatic rings. The maximum atomic E-state index is 12.6. The highest BCUT2D eigenvalue weighted by molar-refractivity contribution is 5.96. The number of rotatable bonds is 5. The molecule has 0 aromatic carbocycles. The third-order valence-electron chi connectivity index (χ3n) is 3.56. The van der Waals surface area contributed by atoms with Gasteiger partial charge in [-0.3, -0.25) is 4.79 Å². The molecule has 0 spiro atoms. The normalized spacial score (nSPS) is 24.9. The number of esters is 2. The maximum absolute atomic E-state index is 12.6. The van der Waals surface area contributed by atoms with Crippen molar-refractivity contribution in [2.45, 2.75) is 66.3 Å². The molecule has 0 saturated heterocycles. The first-order valence-corrected chi connectivity index (χ1v) is 8.07. The van der Waals surface area contributed by atoms with Gasteiger partial charge in [-0.15, -0.1) is 0 Å². The molecule has 3 atom stereocenters. The Morgan fingerprint density at radius 3 is 2.35 bits per heavy atom. The van der Waals surface area contributed by atoms with Gasteiger partial charge in [0.1, 0.15) is 17.3 Å². The lowest BCUT2D eigenvalue weighted by Crippen LogP contribution is -2.43. The maximum Gasteiger partial charge on any atom is 0.338 e. The van der Waals surface area contributed by atoms with Crippen LogP contribution in [0.4, 0.5) is 0 Å². The number of hydrogen-bond acceptors (Lipinski definition) is 6. The molecule has 0 amide bonds. The highest BCUT2D eigenvalue weighted by Crippen LogP contribution is 2.38. The van der Waals surface area contributed by atoms with Crippen LogP contribution in [0.3, 0.4) is 0 Å². The molecule has 0 aliphatic carbocycles. The van der Waals surface area contributed by atoms with Crippen LogP contribution in [0.1, 0.15) is 54.4 Å². The van der Waals surface area contributed by atoms with E-state index >= 15 is 0 Å². The van der Waals surface area contributed by atoms with Crippen molar-refractivity contribution in [2.24, 2.45) is 11.8 Å². The predicted molar refractivity (Wildman–Crippen MR) is 84.2 cm³/mol. The lowest BCUT2D eigenvalue weighted by Gasteiger charge is -2.36. The summed E-state index contributed by atoms with van der Waals surface area (Å²) < 4.78 is 15.9. The minimum Gasteiger partial charge on any atom is -0.469 e. The molecule has 6 nitrogen and oxygen atoms in total. The average Bonchev–Trinajstić information content (AvgIpc) is 2.39. The molecule has 1 aliphatic heterocycles. The van der Waals surface area contributed by atoms with Crippen LogP contribution in [0.2, 0.25) is 0 Å². The molecule has 0 radical (unpaired) electrons. The third kappa shape index (κ3) is 4.96. The number of aliphatic hydroxyl groups is 1. The van der Waals surface area contributed by atoms with Gasteiger partial charge in [-0.2, -0.15) is 0 Å². The Labute approximate surface area is 137 Å². The second-order valence-corrected chi connectivity index (χ2v) is 6.66. The molecule has 0 fully saturated rings. The quantitative estimate of drug-likeness (QED) is 0.781. The summed E-state index contributed by atoms with van der Waals surface area (Å²) in [6.45, 7) is 10.6. The van der Waals surface area contributed by atoms with Crippen LogP contribution in [0, 0.1) is 11.8 Å². The Morgan fingerprint density at radius 1 is 1.26 bits per heavy atom. The minimum atomic E-state index is -1.14. The van der Waals surface area contributed by atoms with E-state index in [-0.39, 0.29) is 17.9 Å². The Morgan fingerprint density at radius 2 is 1.87 bits per heavy atom. The molecule has 1 aliphatic rings. The fourth-order valence-corrected chi connectivity index (χ4v) is 2.70. The lowest BCUT2D eigenvalue weighted by atomic mass is 9.80. The summed E-state index contributed by atoms with van der Waals surface area (Å²) in [7, 11) is 0. The van der Waals surface area contributed by atoms with Crippen LogP contribution in [-0.2, 0) is 23.8 Å². The molecule has 6 heteroatoms. The topological polar surface area (TPSA) is 82.1 Å². The number of hydrogen-bond donors (Lipinski definition) is 1. The first-order chi connectivity index (χ1) is 10.6. The van der Waals surface area contributed by atoms with Crippen LogP contribution in [-0.4, -0.2) is 35.5 Å². The van der Waals surface area contributed by atoms with E-state index < -0.39 is 35.7 Å². The summed E-state index contributed by atoms with van der Waals surface area (Å²) in [5, 5.41) is 10.2. The summed E-state index contributed by atoms with van der Waals surface area (Å²) in [4.78, 5) is 25.0. The molecule has 1 heterocycles. The van der Waals surface area contributed by atoms with Crippen LogP contribution in [0.5, 0.6) is 0 Å². The SMILES string of the molecule is CCC[C@H]1C(O)OC(C)=C(C(=O)OC(C)(C)C)[C@@H]1C(=O)OCC. The van der Waals surface area contributed by atoms with E-state index in [4.69, 9.17) is 14.2 Å². The molecule has 1 unspecified atom stereocenters. The largest absolute Gasteiger partial charge is 0.469 e. The molecule has 0 saturated carbocycles. The van der Waals surface area contributed by atoms with Gasteiger partial charge in [0.15, 0.2) is 0 Å². The Bertz CT molecular complexity index is 474. The molecule has 23 heavy (non-hydrogen) atoms. The summed E-state index contributed by atoms with van der Waals surface area (Å²) >= 11 is 0. The van der Waals surface area contributed by atoms with Gasteiger partial charge < -0.3 is 19.3 Å². The van der Waals surface area contributed by atoms with Gasteiger partial charge in [-0.1, -0.05) is 13.3 Å². The molecule has 1 N–H and O–H groups in total. The zero-order valence-corrected chi connectivity index (χ0v) is 14.8. The van der Waals surface area contributed by atoms with Crippen LogP contribution >= 0.6 is 0 Å². The van der Waals surface area contributed by atoms with Crippen molar-refractivity contribution in [1.29, 1.82) is 0 Å². The summed E-state index contributed by atoms with van der Waals surface area (Å²) in [6.07, 6.45) is 0.127. The highest BCUT2D eigenvalue weighted by atomic mass is 16.6. The Balaban J connectivity index is 3.25. The van der Waals surface area contributed by atoms with Crippen molar-refractivity contribution in [3.05, 3.63) is 11.3 Å². The van der Waals surface area contributed by atoms with E-state index in [0.717, 1.165) is 6.42 Å². The summed E-state index contributed by atoms with van der Waals surface area (Å²) in [6, 6.07) is 0. The fraction of sp³-hybridized carbons (Fsp3) is 0.765. The first-order valence-electron chi connectivity index (χ1n) is 8.07. The van der Waals surface area contributed by atoms with Crippen molar-refractivity contribution in [2.75, 3.05) is 6.61 Å². The number of carbonyl (C=O) groups excluding carboxylic acids is 2. The van der Waals surface area contributed by atoms with E-state index in [1.54, 1.807) is 34.6 Å². The predicted octanol–water partition coefficient (Wildman–Crippen LogP) is 2.55. The zero-order chi connectivity index (χ0) is 17.8. The van der Waals surface area contributed by atoms with Gasteiger partial charge in [-0.25, -0.2) is 4.79 Å². The van der Waals surface area contributed by atoms with E-state index in [1.165, 1.54) is 0 Å². The average molecular weight is 328 g/mol. The van der Waals surface area contributed by atoms with E-state index in [2.05, 4.69) is 0 Å². The monoisotopic (exact) mass is 328 g/mol. The third-order valence-corrected chi connectivity index (χ3v) is 3.56. The number of ether oxygens (including phenoxy) is 3. The molecule has 132 valence electrons. The number of allylic oxidation sites excluding steroid dienone is 1. The molecular formula is C17H28O6. The fourth-order valence-electron chi connectivity index (χ4n) is 2.70. The van der Waals surface area contributed by atoms with Gasteiger partial charge >= 0.3 is 11.9 Å². The van der Waals surface area contributed by atoms with Gasteiger partial charge in [-0.05, 0) is 41.0 Å². The van der Waals surface area contributed by atoms with Gasteiger partial charge in [0, 0.05) is 5.92 Å². The van der Waals surface area contributed by atoms with Crippen molar-refractivity contribution < 1.29 is 28.9 Å². The van der Waals surface area contributed by atoms with E-state index in [9.17, 15) is 14.7 Å². The number of carbonyl (C=O) groups is 2. The van der Waals surface area contributed by atoms with Crippen molar-refractivity contribution in [3.63, 3.8) is 0 Å². The van der Waals surface area contributed by atoms with Crippen LogP contribution in [0.25, 0.3) is 0 Å². The van der Waals surface area contributed by atoms with Crippen LogP contribution < -0.4 is 0 Å². The van der Waals surface area contributed by atoms with Gasteiger partial charge in [0.2, 0.25) is 6.29 Å². The Kier molecular flexibility index (Phi) is 6.62. The first kappa shape index (κ1) is 19.5. The van der Waals surface area contributed by atoms with Crippen molar-refractivity contribution in [3.8, 4) is 0 Å². The van der Waals surface area contributed by atoms with E-state index in [0.29, 0.717) is 6.42 Å². The highest BCUT2D eigenvalue weighted by Gasteiger charge is 2.46. The van der Waals surface area contributed by atoms with Crippen molar-refractivity contribution in [1.82, 2.24) is 0 Å². The van der Waals surface area contributed by atoms with Crippen molar-refractivity contribution >= 4 is 11.9 Å². The molecular weight excluding hydrogens is 300 g/mol. The second-order valence-electron chi connectivity index (χ2n) is 6.66. The molecule has 0 aromatic heterocycles. The summed E-state index contributed by atoms with van der Waals surface area (Å²) in [5.41, 5.74) is -0.554. The summed E-state index contributed by atoms with van der Waals surface area (Å²) in [5.74, 6) is -2.36. The standard InChI is InChI=1S/C17H28O6/c1-7-9-11-13(15(19)21-8-2)12(10(3)22-14(11)18)16(20)23-17(4,5)6/h11,13-14,18H,7-9H2,1-6H3/t11-,13-,14?/m1/s1. The van der Waals surface area contributed by atoms with E-state index in [1.807, 2.05) is 6.92 Å². The Hall–Kier alpha value is -1.56. The number of aliphatic hydroxyl groups excluding tert-OH is 1. The second kappa shape index (κ2) is 7.81. The van der Waals surface area contributed by atoms with Gasteiger partial charge in [0.05, 0.1) is 12.2 Å².